The van der Waals surface area contributed by atoms with E-state index in [1.54, 1.807) is 6.20 Å². The zero-order valence-corrected chi connectivity index (χ0v) is 19.3. The van der Waals surface area contributed by atoms with Gasteiger partial charge in [0.1, 0.15) is 12.4 Å². The second-order valence-corrected chi connectivity index (χ2v) is 8.68. The van der Waals surface area contributed by atoms with Crippen LogP contribution in [0.15, 0.2) is 66.9 Å². The van der Waals surface area contributed by atoms with Crippen molar-refractivity contribution in [3.05, 3.63) is 83.7 Å². The molecule has 5 heteroatoms. The van der Waals surface area contributed by atoms with E-state index in [2.05, 4.69) is 28.6 Å². The molecule has 0 bridgehead atoms. The number of pyridine rings is 1. The topological polar surface area (TPSA) is 63.2 Å². The summed E-state index contributed by atoms with van der Waals surface area (Å²) in [5.74, 6) is 1.59. The number of benzene rings is 2. The first-order chi connectivity index (χ1) is 16.2. The van der Waals surface area contributed by atoms with Gasteiger partial charge in [-0.3, -0.25) is 9.78 Å². The number of carbonyl (C=O) groups excluding carboxylic acids is 1. The van der Waals surface area contributed by atoms with Crippen LogP contribution in [0.4, 0.5) is 11.4 Å². The van der Waals surface area contributed by atoms with Crippen LogP contribution in [0.2, 0.25) is 0 Å². The number of nitrogens with one attached hydrogen (secondary N) is 2. The van der Waals surface area contributed by atoms with E-state index in [4.69, 9.17) is 4.74 Å². The van der Waals surface area contributed by atoms with Gasteiger partial charge in [0.2, 0.25) is 0 Å². The Morgan fingerprint density at radius 1 is 1.06 bits per heavy atom. The maximum Gasteiger partial charge on any atom is 0.251 e. The first kappa shape index (κ1) is 22.8. The van der Waals surface area contributed by atoms with Crippen LogP contribution in [0.1, 0.15) is 60.6 Å². The molecule has 1 fully saturated rings. The van der Waals surface area contributed by atoms with Gasteiger partial charge in [-0.2, -0.15) is 0 Å². The first-order valence-corrected chi connectivity index (χ1v) is 12.0. The van der Waals surface area contributed by atoms with Gasteiger partial charge in [0.25, 0.3) is 5.91 Å². The molecule has 3 aromatic rings. The molecule has 2 N–H and O–H groups in total. The van der Waals surface area contributed by atoms with E-state index < -0.39 is 0 Å². The molecule has 1 amide bonds. The molecule has 0 atom stereocenters. The highest BCUT2D eigenvalue weighted by Crippen LogP contribution is 2.28. The minimum atomic E-state index is -0.00867. The molecule has 1 aliphatic carbocycles. The summed E-state index contributed by atoms with van der Waals surface area (Å²) in [4.78, 5) is 16.9. The zero-order chi connectivity index (χ0) is 22.9. The van der Waals surface area contributed by atoms with Gasteiger partial charge in [0.15, 0.2) is 0 Å². The molecular weight excluding hydrogens is 410 g/mol. The molecular formula is C28H33N3O2. The predicted octanol–water partition coefficient (Wildman–Crippen LogP) is 6.28. The quantitative estimate of drug-likeness (QED) is 0.387. The molecule has 2 aromatic carbocycles. The van der Waals surface area contributed by atoms with Crippen LogP contribution in [0, 0.1) is 5.92 Å². The molecule has 0 aliphatic heterocycles. The van der Waals surface area contributed by atoms with Gasteiger partial charge in [-0.25, -0.2) is 0 Å². The summed E-state index contributed by atoms with van der Waals surface area (Å²) in [6.07, 6.45) is 9.01. The number of aryl methyl sites for hydroxylation is 1. The number of ether oxygens (including phenoxy) is 1. The summed E-state index contributed by atoms with van der Waals surface area (Å²) < 4.78 is 5.92. The van der Waals surface area contributed by atoms with Crippen molar-refractivity contribution in [1.82, 2.24) is 10.3 Å². The van der Waals surface area contributed by atoms with E-state index in [0.29, 0.717) is 12.2 Å². The van der Waals surface area contributed by atoms with E-state index in [-0.39, 0.29) is 5.91 Å². The maximum atomic E-state index is 12.6. The van der Waals surface area contributed by atoms with Crippen LogP contribution in [0.5, 0.6) is 5.75 Å². The Hall–Kier alpha value is -3.34. The zero-order valence-electron chi connectivity index (χ0n) is 19.3. The standard InChI is InChI=1S/C28H33N3O2/c1-2-22-19-26(33-20-25-11-5-6-16-29-25)13-14-27(22)31-24-12-7-10-23(18-24)28(32)30-17-15-21-8-3-4-9-21/h5-7,10-14,16,18-19,21,31H,2-4,8-9,15,17,20H2,1H3,(H,30,32). The molecule has 0 unspecified atom stereocenters. The molecule has 4 rings (SSSR count). The molecule has 5 nitrogen and oxygen atoms in total. The third-order valence-corrected chi connectivity index (χ3v) is 6.29. The molecule has 33 heavy (non-hydrogen) atoms. The minimum Gasteiger partial charge on any atom is -0.487 e. The summed E-state index contributed by atoms with van der Waals surface area (Å²) in [5.41, 5.74) is 4.65. The average molecular weight is 444 g/mol. The van der Waals surface area contributed by atoms with Gasteiger partial charge in [0.05, 0.1) is 5.69 Å². The number of hydrogen-bond donors (Lipinski definition) is 2. The summed E-state index contributed by atoms with van der Waals surface area (Å²) in [6.45, 7) is 3.31. The van der Waals surface area contributed by atoms with Crippen molar-refractivity contribution >= 4 is 17.3 Å². The van der Waals surface area contributed by atoms with Gasteiger partial charge in [-0.05, 0) is 72.9 Å². The van der Waals surface area contributed by atoms with Crippen molar-refractivity contribution in [2.45, 2.75) is 52.1 Å². The Morgan fingerprint density at radius 2 is 1.94 bits per heavy atom. The smallest absolute Gasteiger partial charge is 0.251 e. The highest BCUT2D eigenvalue weighted by Gasteiger charge is 2.15. The highest BCUT2D eigenvalue weighted by atomic mass is 16.5. The second kappa shape index (κ2) is 11.5. The molecule has 1 aromatic heterocycles. The highest BCUT2D eigenvalue weighted by molar-refractivity contribution is 5.95. The average Bonchev–Trinajstić information content (AvgIpc) is 3.38. The van der Waals surface area contributed by atoms with Crippen molar-refractivity contribution in [3.8, 4) is 5.75 Å². The van der Waals surface area contributed by atoms with Crippen molar-refractivity contribution in [3.63, 3.8) is 0 Å². The number of amides is 1. The fourth-order valence-electron chi connectivity index (χ4n) is 4.40. The SMILES string of the molecule is CCc1cc(OCc2ccccn2)ccc1Nc1cccc(C(=O)NCCC2CCCC2)c1. The van der Waals surface area contributed by atoms with E-state index in [1.165, 1.54) is 25.7 Å². The van der Waals surface area contributed by atoms with Crippen LogP contribution in [0.25, 0.3) is 0 Å². The molecule has 0 saturated heterocycles. The lowest BCUT2D eigenvalue weighted by Crippen LogP contribution is -2.25. The molecule has 172 valence electrons. The predicted molar refractivity (Wildman–Crippen MR) is 133 cm³/mol. The molecule has 1 heterocycles. The van der Waals surface area contributed by atoms with Gasteiger partial charge >= 0.3 is 0 Å². The monoisotopic (exact) mass is 443 g/mol. The van der Waals surface area contributed by atoms with Gasteiger partial charge in [-0.1, -0.05) is 44.7 Å². The Morgan fingerprint density at radius 3 is 2.73 bits per heavy atom. The number of hydrogen-bond acceptors (Lipinski definition) is 4. The molecule has 0 radical (unpaired) electrons. The fourth-order valence-corrected chi connectivity index (χ4v) is 4.40. The maximum absolute atomic E-state index is 12.6. The lowest BCUT2D eigenvalue weighted by molar-refractivity contribution is 0.0951. The molecule has 0 spiro atoms. The van der Waals surface area contributed by atoms with Gasteiger partial charge < -0.3 is 15.4 Å². The van der Waals surface area contributed by atoms with Crippen LogP contribution in [-0.4, -0.2) is 17.4 Å². The van der Waals surface area contributed by atoms with Crippen molar-refractivity contribution < 1.29 is 9.53 Å². The van der Waals surface area contributed by atoms with E-state index in [0.717, 1.165) is 53.7 Å². The van der Waals surface area contributed by atoms with Crippen LogP contribution >= 0.6 is 0 Å². The van der Waals surface area contributed by atoms with Crippen LogP contribution in [-0.2, 0) is 13.0 Å². The fraction of sp³-hybridized carbons (Fsp3) is 0.357. The molecule has 1 aliphatic rings. The molecule has 1 saturated carbocycles. The Balaban J connectivity index is 1.36. The summed E-state index contributed by atoms with van der Waals surface area (Å²) >= 11 is 0. The lowest BCUT2D eigenvalue weighted by atomic mass is 10.0. The minimum absolute atomic E-state index is 0.00867. The summed E-state index contributed by atoms with van der Waals surface area (Å²) in [6, 6.07) is 19.5. The summed E-state index contributed by atoms with van der Waals surface area (Å²) in [5, 5.41) is 6.56. The van der Waals surface area contributed by atoms with Gasteiger partial charge in [-0.15, -0.1) is 0 Å². The largest absolute Gasteiger partial charge is 0.487 e. The second-order valence-electron chi connectivity index (χ2n) is 8.68. The lowest BCUT2D eigenvalue weighted by Gasteiger charge is -2.14. The van der Waals surface area contributed by atoms with Gasteiger partial charge in [0, 0.05) is 29.7 Å². The van der Waals surface area contributed by atoms with Crippen LogP contribution in [0.3, 0.4) is 0 Å². The Labute approximate surface area is 196 Å². The Kier molecular flexibility index (Phi) is 7.96. The number of carbonyl (C=O) groups is 1. The van der Waals surface area contributed by atoms with E-state index >= 15 is 0 Å². The van der Waals surface area contributed by atoms with Crippen LogP contribution < -0.4 is 15.4 Å². The third-order valence-electron chi connectivity index (χ3n) is 6.29. The van der Waals surface area contributed by atoms with E-state index in [1.807, 2.05) is 54.6 Å². The Bertz CT molecular complexity index is 1050. The number of nitrogens with zero attached hydrogens (tertiary/aromatic N) is 1. The first-order valence-electron chi connectivity index (χ1n) is 12.0. The normalized spacial score (nSPS) is 13.6. The van der Waals surface area contributed by atoms with Crippen molar-refractivity contribution in [2.75, 3.05) is 11.9 Å². The third kappa shape index (κ3) is 6.58. The summed E-state index contributed by atoms with van der Waals surface area (Å²) in [7, 11) is 0. The van der Waals surface area contributed by atoms with Crippen molar-refractivity contribution in [2.24, 2.45) is 5.92 Å². The number of rotatable bonds is 10. The number of aromatic nitrogens is 1. The van der Waals surface area contributed by atoms with E-state index in [9.17, 15) is 4.79 Å². The number of anilines is 2. The van der Waals surface area contributed by atoms with Crippen molar-refractivity contribution in [1.29, 1.82) is 0 Å².